The third-order valence-corrected chi connectivity index (χ3v) is 7.34. The molecular formula is C26H25O2S2+. The first-order valence-electron chi connectivity index (χ1n) is 9.63. The molecule has 0 aromatic heterocycles. The number of benzene rings is 4. The molecule has 1 N–H and O–H groups in total. The zero-order valence-electron chi connectivity index (χ0n) is 17.1. The van der Waals surface area contributed by atoms with Gasteiger partial charge in [0.1, 0.15) is 0 Å². The summed E-state index contributed by atoms with van der Waals surface area (Å²) in [7, 11) is -0.0229. The van der Waals surface area contributed by atoms with Gasteiger partial charge in [0, 0.05) is 0 Å². The SMILES string of the molecule is Cc1ccc(S(=O)O)cc1.Cc1ccc([S+](c2ccccc2)c2ccccc2)cc1. The minimum atomic E-state index is -1.84. The molecule has 0 amide bonds. The normalized spacial score (nSPS) is 11.5. The zero-order valence-corrected chi connectivity index (χ0v) is 18.7. The second-order valence-corrected chi connectivity index (χ2v) is 9.80. The van der Waals surface area contributed by atoms with Crippen LogP contribution < -0.4 is 0 Å². The molecule has 0 radical (unpaired) electrons. The second-order valence-electron chi connectivity index (χ2n) is 6.81. The van der Waals surface area contributed by atoms with E-state index >= 15 is 0 Å². The fraction of sp³-hybridized carbons (Fsp3) is 0.0769. The first kappa shape index (κ1) is 22.0. The predicted molar refractivity (Wildman–Crippen MR) is 126 cm³/mol. The molecule has 152 valence electrons. The van der Waals surface area contributed by atoms with Crippen LogP contribution >= 0.6 is 0 Å². The van der Waals surface area contributed by atoms with Gasteiger partial charge >= 0.3 is 0 Å². The Balaban J connectivity index is 0.000000216. The molecule has 2 nitrogen and oxygen atoms in total. The summed E-state index contributed by atoms with van der Waals surface area (Å²) in [6.07, 6.45) is 0. The summed E-state index contributed by atoms with van der Waals surface area (Å²) in [6.45, 7) is 4.07. The van der Waals surface area contributed by atoms with E-state index in [1.54, 1.807) is 12.1 Å². The van der Waals surface area contributed by atoms with E-state index in [0.717, 1.165) is 5.56 Å². The Morgan fingerprint density at radius 2 is 0.933 bits per heavy atom. The summed E-state index contributed by atoms with van der Waals surface area (Å²) < 4.78 is 19.0. The molecule has 0 aliphatic heterocycles. The molecule has 4 heteroatoms. The van der Waals surface area contributed by atoms with Crippen molar-refractivity contribution in [2.24, 2.45) is 0 Å². The van der Waals surface area contributed by atoms with Crippen LogP contribution in [-0.2, 0) is 22.0 Å². The molecule has 0 heterocycles. The lowest BCUT2D eigenvalue weighted by atomic mass is 10.2. The van der Waals surface area contributed by atoms with E-state index < -0.39 is 11.1 Å². The van der Waals surface area contributed by atoms with Crippen LogP contribution in [0.2, 0.25) is 0 Å². The first-order valence-corrected chi connectivity index (χ1v) is 12.0. The molecule has 0 fully saturated rings. The van der Waals surface area contributed by atoms with Crippen LogP contribution in [0.1, 0.15) is 11.1 Å². The average molecular weight is 434 g/mol. The van der Waals surface area contributed by atoms with Crippen LogP contribution in [0.5, 0.6) is 0 Å². The van der Waals surface area contributed by atoms with Gasteiger partial charge in [-0.15, -0.1) is 0 Å². The molecule has 0 saturated heterocycles. The van der Waals surface area contributed by atoms with Crippen molar-refractivity contribution in [1.82, 2.24) is 0 Å². The minimum Gasteiger partial charge on any atom is -0.302 e. The van der Waals surface area contributed by atoms with Crippen molar-refractivity contribution < 1.29 is 8.76 Å². The summed E-state index contributed by atoms with van der Waals surface area (Å²) in [5.74, 6) is 0. The Labute approximate surface area is 184 Å². The van der Waals surface area contributed by atoms with Crippen LogP contribution in [0, 0.1) is 13.8 Å². The molecule has 1 unspecified atom stereocenters. The molecule has 0 saturated carbocycles. The fourth-order valence-corrected chi connectivity index (χ4v) is 5.30. The van der Waals surface area contributed by atoms with Crippen molar-refractivity contribution in [3.63, 3.8) is 0 Å². The highest BCUT2D eigenvalue weighted by Gasteiger charge is 2.27. The van der Waals surface area contributed by atoms with E-state index in [-0.39, 0.29) is 10.9 Å². The van der Waals surface area contributed by atoms with Gasteiger partial charge in [0.15, 0.2) is 25.8 Å². The standard InChI is InChI=1S/C19H17S.C7H8O2S/c1-16-12-14-19(15-13-16)20(17-8-4-2-5-9-17)18-10-6-3-7-11-18;1-6-2-4-7(5-3-6)10(8)9/h2-15H,1H3;2-5H,1H3,(H,8,9)/q+1;. The molecule has 4 rings (SSSR count). The van der Waals surface area contributed by atoms with Gasteiger partial charge in [0.25, 0.3) is 0 Å². The number of hydrogen-bond acceptors (Lipinski definition) is 1. The van der Waals surface area contributed by atoms with Crippen LogP contribution in [0.3, 0.4) is 0 Å². The average Bonchev–Trinajstić information content (AvgIpc) is 2.78. The van der Waals surface area contributed by atoms with Crippen LogP contribution in [0.25, 0.3) is 0 Å². The maximum atomic E-state index is 10.4. The van der Waals surface area contributed by atoms with Crippen LogP contribution in [-0.4, -0.2) is 8.76 Å². The van der Waals surface area contributed by atoms with E-state index in [2.05, 4.69) is 91.9 Å². The molecule has 30 heavy (non-hydrogen) atoms. The van der Waals surface area contributed by atoms with Crippen molar-refractivity contribution >= 4 is 22.0 Å². The summed E-state index contributed by atoms with van der Waals surface area (Å²) >= 11 is -1.84. The third-order valence-electron chi connectivity index (χ3n) is 4.44. The van der Waals surface area contributed by atoms with Gasteiger partial charge in [-0.1, -0.05) is 71.8 Å². The fourth-order valence-electron chi connectivity index (χ4n) is 2.85. The molecule has 4 aromatic rings. The number of aryl methyl sites for hydroxylation is 2. The molecule has 0 aliphatic rings. The van der Waals surface area contributed by atoms with Crippen molar-refractivity contribution in [3.05, 3.63) is 120 Å². The monoisotopic (exact) mass is 433 g/mol. The van der Waals surface area contributed by atoms with Crippen LogP contribution in [0.4, 0.5) is 0 Å². The van der Waals surface area contributed by atoms with Crippen LogP contribution in [0.15, 0.2) is 129 Å². The minimum absolute atomic E-state index is 0.0229. The highest BCUT2D eigenvalue weighted by atomic mass is 32.2. The summed E-state index contributed by atoms with van der Waals surface area (Å²) in [4.78, 5) is 4.55. The van der Waals surface area contributed by atoms with Gasteiger partial charge in [0.2, 0.25) is 0 Å². The molecule has 0 bridgehead atoms. The summed E-state index contributed by atoms with van der Waals surface area (Å²) in [6, 6.07) is 37.3. The van der Waals surface area contributed by atoms with E-state index in [1.165, 1.54) is 20.2 Å². The highest BCUT2D eigenvalue weighted by Crippen LogP contribution is 2.30. The maximum absolute atomic E-state index is 10.4. The first-order chi connectivity index (χ1) is 14.5. The Bertz CT molecular complexity index is 1020. The zero-order chi connectivity index (χ0) is 21.3. The Kier molecular flexibility index (Phi) is 8.03. The molecule has 4 aromatic carbocycles. The Morgan fingerprint density at radius 1 is 0.567 bits per heavy atom. The molecule has 0 spiro atoms. The third kappa shape index (κ3) is 6.17. The van der Waals surface area contributed by atoms with E-state index in [1.807, 2.05) is 19.1 Å². The smallest absolute Gasteiger partial charge is 0.186 e. The lowest BCUT2D eigenvalue weighted by Crippen LogP contribution is -2.04. The lowest BCUT2D eigenvalue weighted by molar-refractivity contribution is 0.564. The number of rotatable bonds is 4. The lowest BCUT2D eigenvalue weighted by Gasteiger charge is -2.07. The quantitative estimate of drug-likeness (QED) is 0.288. The molecular weight excluding hydrogens is 408 g/mol. The van der Waals surface area contributed by atoms with Crippen molar-refractivity contribution in [1.29, 1.82) is 0 Å². The summed E-state index contributed by atoms with van der Waals surface area (Å²) in [5.41, 5.74) is 2.40. The maximum Gasteiger partial charge on any atom is 0.186 e. The topological polar surface area (TPSA) is 37.3 Å². The van der Waals surface area contributed by atoms with Gasteiger partial charge in [-0.05, 0) is 62.4 Å². The molecule has 0 aliphatic carbocycles. The van der Waals surface area contributed by atoms with Gasteiger partial charge in [-0.2, -0.15) is 0 Å². The van der Waals surface area contributed by atoms with Crippen molar-refractivity contribution in [3.8, 4) is 0 Å². The van der Waals surface area contributed by atoms with Gasteiger partial charge in [-0.25, -0.2) is 4.21 Å². The molecule has 1 atom stereocenters. The van der Waals surface area contributed by atoms with Gasteiger partial charge in [-0.3, -0.25) is 0 Å². The Morgan fingerprint density at radius 3 is 1.33 bits per heavy atom. The largest absolute Gasteiger partial charge is 0.302 e. The van der Waals surface area contributed by atoms with Gasteiger partial charge in [0.05, 0.1) is 15.8 Å². The van der Waals surface area contributed by atoms with E-state index in [4.69, 9.17) is 4.55 Å². The number of hydrogen-bond donors (Lipinski definition) is 1. The second kappa shape index (κ2) is 10.9. The Hall–Kier alpha value is -2.66. The van der Waals surface area contributed by atoms with E-state index in [9.17, 15) is 4.21 Å². The van der Waals surface area contributed by atoms with Gasteiger partial charge < -0.3 is 4.55 Å². The summed E-state index contributed by atoms with van der Waals surface area (Å²) in [5, 5.41) is 0. The predicted octanol–water partition coefficient (Wildman–Crippen LogP) is 6.67. The highest BCUT2D eigenvalue weighted by molar-refractivity contribution is 7.97. The van der Waals surface area contributed by atoms with E-state index in [0.29, 0.717) is 4.90 Å². The van der Waals surface area contributed by atoms with Crippen molar-refractivity contribution in [2.75, 3.05) is 0 Å². The van der Waals surface area contributed by atoms with Crippen molar-refractivity contribution in [2.45, 2.75) is 33.4 Å².